The highest BCUT2D eigenvalue weighted by molar-refractivity contribution is 4.91. The molecule has 0 heterocycles. The van der Waals surface area contributed by atoms with Gasteiger partial charge in [0.25, 0.3) is 0 Å². The lowest BCUT2D eigenvalue weighted by molar-refractivity contribution is 0.177. The van der Waals surface area contributed by atoms with Gasteiger partial charge in [-0.15, -0.1) is 0 Å². The van der Waals surface area contributed by atoms with E-state index in [9.17, 15) is 0 Å². The highest BCUT2D eigenvalue weighted by Crippen LogP contribution is 2.33. The molecule has 0 amide bonds. The van der Waals surface area contributed by atoms with Crippen LogP contribution in [0.2, 0.25) is 0 Å². The summed E-state index contributed by atoms with van der Waals surface area (Å²) in [5, 5.41) is 0. The molecular weight excluding hydrogens is 150 g/mol. The first-order chi connectivity index (χ1) is 5.31. The van der Waals surface area contributed by atoms with Crippen LogP contribution in [0.3, 0.4) is 0 Å². The first-order valence-corrected chi connectivity index (χ1v) is 4.68. The summed E-state index contributed by atoms with van der Waals surface area (Å²) in [5.41, 5.74) is 17.2. The highest BCUT2D eigenvalue weighted by atomic mass is 15.0. The van der Waals surface area contributed by atoms with Gasteiger partial charge in [0.15, 0.2) is 0 Å². The van der Waals surface area contributed by atoms with Crippen molar-refractivity contribution in [1.82, 2.24) is 0 Å². The first-order valence-electron chi connectivity index (χ1n) is 4.68. The monoisotopic (exact) mass is 171 g/mol. The molecule has 12 heavy (non-hydrogen) atoms. The van der Waals surface area contributed by atoms with Gasteiger partial charge in [-0.3, -0.25) is 0 Å². The minimum absolute atomic E-state index is 0.0156. The van der Waals surface area contributed by atoms with Crippen molar-refractivity contribution in [3.05, 3.63) is 0 Å². The van der Waals surface area contributed by atoms with Crippen LogP contribution in [0.1, 0.15) is 39.5 Å². The molecule has 1 rings (SSSR count). The van der Waals surface area contributed by atoms with Crippen molar-refractivity contribution in [2.75, 3.05) is 0 Å². The van der Waals surface area contributed by atoms with Crippen LogP contribution in [0, 0.1) is 5.92 Å². The molecule has 0 saturated heterocycles. The van der Waals surface area contributed by atoms with E-state index in [2.05, 4.69) is 6.92 Å². The van der Waals surface area contributed by atoms with E-state index in [1.807, 2.05) is 6.92 Å². The van der Waals surface area contributed by atoms with E-state index in [1.54, 1.807) is 0 Å². The van der Waals surface area contributed by atoms with Crippen molar-refractivity contribution in [1.29, 1.82) is 0 Å². The van der Waals surface area contributed by atoms with Crippen molar-refractivity contribution < 1.29 is 0 Å². The minimum atomic E-state index is -0.517. The van der Waals surface area contributed by atoms with Crippen molar-refractivity contribution in [2.45, 2.75) is 50.7 Å². The molecule has 0 aromatic carbocycles. The van der Waals surface area contributed by atoms with Crippen molar-refractivity contribution in [3.8, 4) is 0 Å². The smallest absolute Gasteiger partial charge is 0.0636 e. The lowest BCUT2D eigenvalue weighted by Gasteiger charge is -2.39. The molecule has 1 aliphatic carbocycles. The zero-order chi connectivity index (χ0) is 9.41. The third-order valence-corrected chi connectivity index (χ3v) is 3.01. The van der Waals surface area contributed by atoms with E-state index in [1.165, 1.54) is 0 Å². The summed E-state index contributed by atoms with van der Waals surface area (Å²) >= 11 is 0. The Balaban J connectivity index is 2.47. The fourth-order valence-electron chi connectivity index (χ4n) is 1.90. The van der Waals surface area contributed by atoms with Crippen molar-refractivity contribution in [3.63, 3.8) is 0 Å². The van der Waals surface area contributed by atoms with Crippen LogP contribution in [0.4, 0.5) is 0 Å². The summed E-state index contributed by atoms with van der Waals surface area (Å²) in [6.45, 7) is 4.00. The molecule has 1 fully saturated rings. The minimum Gasteiger partial charge on any atom is -0.325 e. The molecule has 1 saturated carbocycles. The maximum absolute atomic E-state index is 6.00. The molecule has 0 atom stereocenters. The molecular formula is C9H21N3. The molecule has 3 heteroatoms. The topological polar surface area (TPSA) is 78.1 Å². The second-order valence-electron chi connectivity index (χ2n) is 4.79. The van der Waals surface area contributed by atoms with Crippen LogP contribution < -0.4 is 17.2 Å². The van der Waals surface area contributed by atoms with Gasteiger partial charge >= 0.3 is 0 Å². The van der Waals surface area contributed by atoms with Gasteiger partial charge < -0.3 is 17.2 Å². The third-order valence-electron chi connectivity index (χ3n) is 3.01. The average molecular weight is 171 g/mol. The van der Waals surface area contributed by atoms with Crippen LogP contribution in [-0.2, 0) is 0 Å². The second-order valence-corrected chi connectivity index (χ2v) is 4.79. The molecule has 0 unspecified atom stereocenters. The summed E-state index contributed by atoms with van der Waals surface area (Å²) < 4.78 is 0. The largest absolute Gasteiger partial charge is 0.325 e. The van der Waals surface area contributed by atoms with E-state index in [0.29, 0.717) is 5.92 Å². The van der Waals surface area contributed by atoms with Gasteiger partial charge in [0.2, 0.25) is 0 Å². The maximum atomic E-state index is 6.00. The maximum Gasteiger partial charge on any atom is 0.0636 e. The fourth-order valence-corrected chi connectivity index (χ4v) is 1.90. The van der Waals surface area contributed by atoms with E-state index >= 15 is 0 Å². The Morgan fingerprint density at radius 3 is 2.00 bits per heavy atom. The van der Waals surface area contributed by atoms with Crippen molar-refractivity contribution >= 4 is 0 Å². The number of hydrogen-bond acceptors (Lipinski definition) is 3. The lowest BCUT2D eigenvalue weighted by Crippen LogP contribution is -2.55. The number of hydrogen-bond donors (Lipinski definition) is 3. The normalized spacial score (nSPS) is 38.2. The van der Waals surface area contributed by atoms with Gasteiger partial charge in [0.05, 0.1) is 5.66 Å². The van der Waals surface area contributed by atoms with Gasteiger partial charge in [-0.25, -0.2) is 0 Å². The highest BCUT2D eigenvalue weighted by Gasteiger charge is 2.33. The molecule has 3 nitrogen and oxygen atoms in total. The molecule has 6 N–H and O–H groups in total. The lowest BCUT2D eigenvalue weighted by atomic mass is 9.74. The van der Waals surface area contributed by atoms with Gasteiger partial charge in [-0.05, 0) is 45.4 Å². The number of rotatable bonds is 1. The molecule has 72 valence electrons. The van der Waals surface area contributed by atoms with E-state index < -0.39 is 5.66 Å². The van der Waals surface area contributed by atoms with Crippen LogP contribution in [0.5, 0.6) is 0 Å². The Bertz CT molecular complexity index is 148. The van der Waals surface area contributed by atoms with Crippen LogP contribution in [-0.4, -0.2) is 11.2 Å². The first kappa shape index (κ1) is 9.96. The molecule has 0 aromatic heterocycles. The Kier molecular flexibility index (Phi) is 2.47. The fraction of sp³-hybridized carbons (Fsp3) is 1.00. The van der Waals surface area contributed by atoms with Gasteiger partial charge in [-0.1, -0.05) is 0 Å². The van der Waals surface area contributed by atoms with Gasteiger partial charge in [0.1, 0.15) is 0 Å². The van der Waals surface area contributed by atoms with Gasteiger partial charge in [0, 0.05) is 5.54 Å². The Morgan fingerprint density at radius 2 is 1.67 bits per heavy atom. The van der Waals surface area contributed by atoms with Crippen LogP contribution >= 0.6 is 0 Å². The summed E-state index contributed by atoms with van der Waals surface area (Å²) in [5.74, 6) is 0.439. The average Bonchev–Trinajstić information content (AvgIpc) is 1.83. The molecule has 0 aliphatic heterocycles. The SMILES string of the molecule is CC1(N)CCC(C(C)(N)N)CC1. The second kappa shape index (κ2) is 2.98. The predicted molar refractivity (Wildman–Crippen MR) is 51.3 cm³/mol. The zero-order valence-corrected chi connectivity index (χ0v) is 8.14. The standard InChI is InChI=1S/C9H21N3/c1-8(10)5-3-7(4-6-8)9(2,11)12/h7H,3-6,10-12H2,1-2H3. The van der Waals surface area contributed by atoms with Crippen LogP contribution in [0.15, 0.2) is 0 Å². The molecule has 0 spiro atoms. The van der Waals surface area contributed by atoms with E-state index in [-0.39, 0.29) is 5.54 Å². The zero-order valence-electron chi connectivity index (χ0n) is 8.14. The third kappa shape index (κ3) is 2.44. The van der Waals surface area contributed by atoms with Crippen LogP contribution in [0.25, 0.3) is 0 Å². The Morgan fingerprint density at radius 1 is 1.25 bits per heavy atom. The summed E-state index contributed by atoms with van der Waals surface area (Å²) in [6.07, 6.45) is 4.22. The quantitative estimate of drug-likeness (QED) is 0.503. The number of nitrogens with two attached hydrogens (primary N) is 3. The Hall–Kier alpha value is -0.120. The molecule has 1 aliphatic rings. The Labute approximate surface area is 74.7 Å². The molecule has 0 bridgehead atoms. The molecule has 0 aromatic rings. The summed E-state index contributed by atoms with van der Waals surface area (Å²) in [6, 6.07) is 0. The van der Waals surface area contributed by atoms with Gasteiger partial charge in [-0.2, -0.15) is 0 Å². The van der Waals surface area contributed by atoms with E-state index in [0.717, 1.165) is 25.7 Å². The summed E-state index contributed by atoms with van der Waals surface area (Å²) in [4.78, 5) is 0. The summed E-state index contributed by atoms with van der Waals surface area (Å²) in [7, 11) is 0. The predicted octanol–water partition coefficient (Wildman–Crippen LogP) is 0.528. The van der Waals surface area contributed by atoms with Crippen molar-refractivity contribution in [2.24, 2.45) is 23.1 Å². The molecule has 0 radical (unpaired) electrons. The van der Waals surface area contributed by atoms with E-state index in [4.69, 9.17) is 17.2 Å².